The molecule has 0 aromatic heterocycles. The molecule has 0 spiro atoms. The number of nitrogens with one attached hydrogen (secondary N) is 1. The van der Waals surface area contributed by atoms with Crippen LogP contribution in [0.5, 0.6) is 5.75 Å². The summed E-state index contributed by atoms with van der Waals surface area (Å²) < 4.78 is 12.1. The molecule has 38 heavy (non-hydrogen) atoms. The van der Waals surface area contributed by atoms with Crippen molar-refractivity contribution in [2.75, 3.05) is 26.3 Å². The van der Waals surface area contributed by atoms with Crippen LogP contribution in [0.25, 0.3) is 0 Å². The second-order valence-corrected chi connectivity index (χ2v) is 11.1. The first-order chi connectivity index (χ1) is 18.1. The second kappa shape index (κ2) is 10.3. The number of carbonyl (C=O) groups is 3. The Morgan fingerprint density at radius 1 is 1.08 bits per heavy atom. The minimum absolute atomic E-state index is 0.109. The molecule has 2 fully saturated rings. The van der Waals surface area contributed by atoms with Gasteiger partial charge in [0.25, 0.3) is 5.91 Å². The number of amides is 3. The van der Waals surface area contributed by atoms with E-state index in [-0.39, 0.29) is 36.1 Å². The van der Waals surface area contributed by atoms with E-state index in [0.29, 0.717) is 17.7 Å². The molecule has 3 aliphatic rings. The normalized spacial score (nSPS) is 21.2. The van der Waals surface area contributed by atoms with Crippen molar-refractivity contribution in [2.24, 2.45) is 0 Å². The van der Waals surface area contributed by atoms with Crippen LogP contribution >= 0.6 is 0 Å². The number of hydrogen-bond donors (Lipinski definition) is 1. The third-order valence-electron chi connectivity index (χ3n) is 8.35. The molecule has 0 radical (unpaired) electrons. The van der Waals surface area contributed by atoms with Crippen molar-refractivity contribution in [1.29, 1.82) is 0 Å². The van der Waals surface area contributed by atoms with E-state index in [9.17, 15) is 14.4 Å². The van der Waals surface area contributed by atoms with E-state index in [1.165, 1.54) is 16.5 Å². The highest BCUT2D eigenvalue weighted by molar-refractivity contribution is 6.43. The summed E-state index contributed by atoms with van der Waals surface area (Å²) in [6.45, 7) is 3.64. The van der Waals surface area contributed by atoms with Crippen molar-refractivity contribution in [3.05, 3.63) is 52.6 Å². The van der Waals surface area contributed by atoms with Crippen molar-refractivity contribution in [3.63, 3.8) is 0 Å². The average Bonchev–Trinajstić information content (AvgIpc) is 3.21. The largest absolute Gasteiger partial charge is 0.495 e. The van der Waals surface area contributed by atoms with Gasteiger partial charge in [-0.05, 0) is 35.0 Å². The number of morpholine rings is 1. The fraction of sp³-hybridized carbons (Fsp3) is 0.400. The standard InChI is InChI=1S/C25H32B5N3O5/c26-16-10-13(25(29,30)32-6-8-37-9-7-32)11-17(27)21(16)22(28)38-19-3-1-2-14-15(19)12-33(24(14)36)18-4-5-20(34)31-23(18)35/h1-3,10-11,18,22H,4-9,12,26-30H2,(H,31,34,35). The quantitative estimate of drug-likeness (QED) is 0.312. The summed E-state index contributed by atoms with van der Waals surface area (Å²) >= 11 is 0. The number of fused-ring (bicyclic) bond motifs is 1. The van der Waals surface area contributed by atoms with Crippen LogP contribution in [0.15, 0.2) is 30.3 Å². The number of imide groups is 1. The molecule has 1 N–H and O–H groups in total. The molecular formula is C25H32B5N3O5. The summed E-state index contributed by atoms with van der Waals surface area (Å²) in [5.41, 5.74) is 6.09. The summed E-state index contributed by atoms with van der Waals surface area (Å²) in [5, 5.41) is 2.25. The van der Waals surface area contributed by atoms with Crippen molar-refractivity contribution >= 4 is 67.9 Å². The predicted octanol–water partition coefficient (Wildman–Crippen LogP) is -4.62. The molecule has 3 heterocycles. The minimum atomic E-state index is -0.648. The number of benzene rings is 2. The summed E-state index contributed by atoms with van der Waals surface area (Å²) in [6.07, 6.45) is 0.566. The van der Waals surface area contributed by atoms with E-state index in [1.807, 2.05) is 20.0 Å². The van der Waals surface area contributed by atoms with Crippen molar-refractivity contribution < 1.29 is 23.9 Å². The highest BCUT2D eigenvalue weighted by Crippen LogP contribution is 2.35. The Labute approximate surface area is 228 Å². The zero-order chi connectivity index (χ0) is 27.2. The Morgan fingerprint density at radius 2 is 1.76 bits per heavy atom. The van der Waals surface area contributed by atoms with E-state index in [4.69, 9.17) is 9.47 Å². The summed E-state index contributed by atoms with van der Waals surface area (Å²) in [6, 6.07) is 9.13. The topological polar surface area (TPSA) is 88.2 Å². The number of carbonyl (C=O) groups excluding carboxylic acids is 3. The third-order valence-corrected chi connectivity index (χ3v) is 8.35. The van der Waals surface area contributed by atoms with Gasteiger partial charge in [-0.3, -0.25) is 19.7 Å². The van der Waals surface area contributed by atoms with Crippen LogP contribution in [0.1, 0.15) is 45.9 Å². The lowest BCUT2D eigenvalue weighted by atomic mass is 9.55. The van der Waals surface area contributed by atoms with Crippen molar-refractivity contribution in [1.82, 2.24) is 15.1 Å². The van der Waals surface area contributed by atoms with Crippen LogP contribution in [0, 0.1) is 0 Å². The van der Waals surface area contributed by atoms with Gasteiger partial charge in [0.05, 0.1) is 25.8 Å². The lowest BCUT2D eigenvalue weighted by Crippen LogP contribution is -2.53. The molecule has 5 rings (SSSR count). The Hall–Kier alpha value is -2.91. The number of nitrogens with zero attached hydrogens (tertiary/aromatic N) is 2. The molecule has 0 aliphatic carbocycles. The molecule has 2 atom stereocenters. The lowest BCUT2D eigenvalue weighted by Gasteiger charge is -2.42. The van der Waals surface area contributed by atoms with Crippen LogP contribution < -0.4 is 21.0 Å². The molecule has 192 valence electrons. The molecule has 2 unspecified atom stereocenters. The number of piperidine rings is 1. The van der Waals surface area contributed by atoms with E-state index in [1.54, 1.807) is 11.0 Å². The van der Waals surface area contributed by atoms with Crippen LogP contribution in [0.2, 0.25) is 0 Å². The van der Waals surface area contributed by atoms with E-state index < -0.39 is 11.9 Å². The van der Waals surface area contributed by atoms with Gasteiger partial charge >= 0.3 is 0 Å². The minimum Gasteiger partial charge on any atom is -0.495 e. The average molecular weight is 509 g/mol. The highest BCUT2D eigenvalue weighted by atomic mass is 16.5. The highest BCUT2D eigenvalue weighted by Gasteiger charge is 2.40. The van der Waals surface area contributed by atoms with Gasteiger partial charge in [-0.2, -0.15) is 0 Å². The van der Waals surface area contributed by atoms with Gasteiger partial charge < -0.3 is 19.3 Å². The van der Waals surface area contributed by atoms with Crippen molar-refractivity contribution in [2.45, 2.75) is 36.8 Å². The number of rotatable bonds is 6. The summed E-state index contributed by atoms with van der Waals surface area (Å²) in [5.74, 6) is -0.257. The first-order valence-electron chi connectivity index (χ1n) is 13.5. The van der Waals surface area contributed by atoms with E-state index >= 15 is 0 Å². The molecule has 0 bridgehead atoms. The zero-order valence-corrected chi connectivity index (χ0v) is 22.9. The Morgan fingerprint density at radius 3 is 2.42 bits per heavy atom. The molecule has 3 aliphatic heterocycles. The monoisotopic (exact) mass is 509 g/mol. The molecule has 8 nitrogen and oxygen atoms in total. The molecule has 2 aromatic rings. The molecule has 3 amide bonds. The van der Waals surface area contributed by atoms with Gasteiger partial charge in [-0.15, -0.1) is 0 Å². The maximum Gasteiger partial charge on any atom is 0.255 e. The molecule has 13 heteroatoms. The number of ether oxygens (including phenoxy) is 2. The smallest absolute Gasteiger partial charge is 0.255 e. The zero-order valence-electron chi connectivity index (χ0n) is 22.9. The second-order valence-electron chi connectivity index (χ2n) is 11.1. The van der Waals surface area contributed by atoms with E-state index in [0.717, 1.165) is 37.4 Å². The van der Waals surface area contributed by atoms with Crippen LogP contribution in [0.3, 0.4) is 0 Å². The lowest BCUT2D eigenvalue weighted by molar-refractivity contribution is -0.136. The Bertz CT molecular complexity index is 1280. The van der Waals surface area contributed by atoms with Crippen molar-refractivity contribution in [3.8, 4) is 5.75 Å². The molecule has 2 saturated heterocycles. The molecule has 0 saturated carbocycles. The fourth-order valence-corrected chi connectivity index (χ4v) is 6.19. The van der Waals surface area contributed by atoms with Gasteiger partial charge in [0, 0.05) is 30.6 Å². The Balaban J connectivity index is 1.37. The molecular weight excluding hydrogens is 476 g/mol. The fourth-order valence-electron chi connectivity index (χ4n) is 6.19. The maximum absolute atomic E-state index is 13.2. The third kappa shape index (κ3) is 4.82. The number of hydrogen-bond acceptors (Lipinski definition) is 6. The van der Waals surface area contributed by atoms with Gasteiger partial charge in [-0.25, -0.2) is 0 Å². The molecule has 2 aromatic carbocycles. The van der Waals surface area contributed by atoms with E-state index in [2.05, 4.69) is 53.7 Å². The summed E-state index contributed by atoms with van der Waals surface area (Å²) in [7, 11) is 10.8. The van der Waals surface area contributed by atoms with Gasteiger partial charge in [-0.1, -0.05) is 29.1 Å². The maximum atomic E-state index is 13.2. The first-order valence-corrected chi connectivity index (χ1v) is 13.5. The Kier molecular flexibility index (Phi) is 7.26. The van der Waals surface area contributed by atoms with Crippen LogP contribution in [0.4, 0.5) is 0 Å². The van der Waals surface area contributed by atoms with Crippen LogP contribution in [-0.2, 0) is 26.2 Å². The van der Waals surface area contributed by atoms with Gasteiger partial charge in [0.2, 0.25) is 11.8 Å². The van der Waals surface area contributed by atoms with Gasteiger partial charge in [0.15, 0.2) is 7.85 Å². The van der Waals surface area contributed by atoms with Gasteiger partial charge in [0.1, 0.15) is 43.2 Å². The van der Waals surface area contributed by atoms with Crippen LogP contribution in [-0.4, -0.2) is 99.1 Å². The first kappa shape index (κ1) is 26.7. The SMILES string of the molecule is Bc1cc(C(B)(B)N2CCOCC2)cc(B)c1C(B)Oc1cccc2c1CN(C1CCC(=O)NC1=O)C2=O. The summed E-state index contributed by atoms with van der Waals surface area (Å²) in [4.78, 5) is 41.3. The predicted molar refractivity (Wildman–Crippen MR) is 158 cm³/mol.